The Balaban J connectivity index is 2.35. The van der Waals surface area contributed by atoms with Gasteiger partial charge in [-0.05, 0) is 52.8 Å². The number of rotatable bonds is 2. The quantitative estimate of drug-likeness (QED) is 0.599. The van der Waals surface area contributed by atoms with Gasteiger partial charge in [-0.3, -0.25) is 4.79 Å². The molecule has 1 atom stereocenters. The van der Waals surface area contributed by atoms with Crippen LogP contribution in [0.1, 0.15) is 18.9 Å². The lowest BCUT2D eigenvalue weighted by atomic mass is 10.1. The van der Waals surface area contributed by atoms with Crippen molar-refractivity contribution in [2.45, 2.75) is 19.8 Å². The molecule has 17 heavy (non-hydrogen) atoms. The van der Waals surface area contributed by atoms with Gasteiger partial charge in [-0.2, -0.15) is 0 Å². The third-order valence-corrected chi connectivity index (χ3v) is 3.74. The van der Waals surface area contributed by atoms with E-state index in [1.807, 2.05) is 17.0 Å². The highest BCUT2D eigenvalue weighted by atomic mass is 127. The van der Waals surface area contributed by atoms with Gasteiger partial charge in [-0.25, -0.2) is 0 Å². The van der Waals surface area contributed by atoms with E-state index in [2.05, 4.69) is 41.5 Å². The Morgan fingerprint density at radius 2 is 2.35 bits per heavy atom. The van der Waals surface area contributed by atoms with Crippen molar-refractivity contribution < 1.29 is 4.79 Å². The topological polar surface area (TPSA) is 20.3 Å². The molecule has 2 nitrogen and oxygen atoms in total. The maximum atomic E-state index is 11.9. The zero-order valence-corrected chi connectivity index (χ0v) is 11.9. The molecule has 1 saturated heterocycles. The van der Waals surface area contributed by atoms with Crippen molar-refractivity contribution in [3.63, 3.8) is 0 Å². The van der Waals surface area contributed by atoms with Gasteiger partial charge < -0.3 is 4.90 Å². The Kier molecular flexibility index (Phi) is 3.72. The smallest absolute Gasteiger partial charge is 0.228 e. The molecule has 1 aromatic rings. The van der Waals surface area contributed by atoms with Crippen LogP contribution in [0.4, 0.5) is 5.69 Å². The molecule has 0 spiro atoms. The highest BCUT2D eigenvalue weighted by Gasteiger charge is 2.30. The highest BCUT2D eigenvalue weighted by molar-refractivity contribution is 14.1. The monoisotopic (exact) mass is 339 g/mol. The molecular formula is C14H14INO. The van der Waals surface area contributed by atoms with Crippen molar-refractivity contribution in [3.05, 3.63) is 27.3 Å². The van der Waals surface area contributed by atoms with Gasteiger partial charge >= 0.3 is 0 Å². The van der Waals surface area contributed by atoms with Crippen LogP contribution in [0.5, 0.6) is 0 Å². The van der Waals surface area contributed by atoms with E-state index in [0.717, 1.165) is 12.1 Å². The summed E-state index contributed by atoms with van der Waals surface area (Å²) in [4.78, 5) is 13.8. The summed E-state index contributed by atoms with van der Waals surface area (Å²) >= 11 is 2.29. The fraction of sp³-hybridized carbons (Fsp3) is 0.357. The Bertz CT molecular complexity index is 489. The fourth-order valence-corrected chi connectivity index (χ4v) is 2.71. The lowest BCUT2D eigenvalue weighted by Gasteiger charge is -2.19. The third kappa shape index (κ3) is 2.47. The van der Waals surface area contributed by atoms with E-state index < -0.39 is 0 Å². The van der Waals surface area contributed by atoms with Crippen molar-refractivity contribution in [2.75, 3.05) is 11.4 Å². The number of aryl methyl sites for hydroxylation is 1. The van der Waals surface area contributed by atoms with E-state index in [9.17, 15) is 4.79 Å². The Labute approximate surface area is 116 Å². The minimum Gasteiger partial charge on any atom is -0.311 e. The summed E-state index contributed by atoms with van der Waals surface area (Å²) in [7, 11) is 0. The van der Waals surface area contributed by atoms with Gasteiger partial charge in [0.1, 0.15) is 0 Å². The average molecular weight is 339 g/mol. The molecule has 1 unspecified atom stereocenters. The molecule has 0 aliphatic carbocycles. The summed E-state index contributed by atoms with van der Waals surface area (Å²) in [6.07, 6.45) is 6.81. The van der Waals surface area contributed by atoms with Crippen molar-refractivity contribution >= 4 is 34.2 Å². The van der Waals surface area contributed by atoms with Gasteiger partial charge in [0, 0.05) is 28.1 Å². The normalized spacial score (nSPS) is 19.5. The first-order chi connectivity index (χ1) is 8.15. The van der Waals surface area contributed by atoms with Crippen molar-refractivity contribution in [1.29, 1.82) is 0 Å². The van der Waals surface area contributed by atoms with Crippen LogP contribution >= 0.6 is 22.6 Å². The number of hydrogen-bond donors (Lipinski definition) is 0. The Morgan fingerprint density at radius 1 is 1.59 bits per heavy atom. The lowest BCUT2D eigenvalue weighted by Crippen LogP contribution is -2.25. The molecule has 0 bridgehead atoms. The first-order valence-corrected chi connectivity index (χ1v) is 6.78. The predicted molar refractivity (Wildman–Crippen MR) is 77.8 cm³/mol. The summed E-state index contributed by atoms with van der Waals surface area (Å²) in [5.74, 6) is 2.88. The molecule has 88 valence electrons. The molecule has 1 fully saturated rings. The van der Waals surface area contributed by atoms with Crippen LogP contribution in [-0.4, -0.2) is 12.5 Å². The van der Waals surface area contributed by atoms with E-state index >= 15 is 0 Å². The Hall–Kier alpha value is -1.02. The Morgan fingerprint density at radius 3 is 2.94 bits per heavy atom. The van der Waals surface area contributed by atoms with Crippen molar-refractivity contribution in [3.8, 4) is 12.3 Å². The van der Waals surface area contributed by atoms with Gasteiger partial charge in [0.05, 0.1) is 0 Å². The van der Waals surface area contributed by atoms with Gasteiger partial charge in [0.15, 0.2) is 0 Å². The van der Waals surface area contributed by atoms with E-state index in [4.69, 9.17) is 6.42 Å². The van der Waals surface area contributed by atoms with Crippen LogP contribution in [0.15, 0.2) is 18.2 Å². The maximum absolute atomic E-state index is 11.9. The molecule has 3 heteroatoms. The number of benzene rings is 1. The molecule has 1 amide bonds. The minimum atomic E-state index is 0.0616. The van der Waals surface area contributed by atoms with Crippen LogP contribution in [0.25, 0.3) is 0 Å². The summed E-state index contributed by atoms with van der Waals surface area (Å²) in [5, 5.41) is 0. The molecule has 0 radical (unpaired) electrons. The lowest BCUT2D eigenvalue weighted by molar-refractivity contribution is -0.117. The van der Waals surface area contributed by atoms with Crippen LogP contribution in [-0.2, 0) is 11.2 Å². The first-order valence-electron chi connectivity index (χ1n) is 5.70. The number of terminal acetylenes is 1. The molecule has 0 N–H and O–H groups in total. The maximum Gasteiger partial charge on any atom is 0.228 e. The summed E-state index contributed by atoms with van der Waals surface area (Å²) in [6, 6.07) is 6.19. The third-order valence-electron chi connectivity index (χ3n) is 3.07. The molecule has 0 saturated carbocycles. The number of amides is 1. The zero-order valence-electron chi connectivity index (χ0n) is 9.74. The van der Waals surface area contributed by atoms with E-state index in [0.29, 0.717) is 13.0 Å². The van der Waals surface area contributed by atoms with E-state index in [1.54, 1.807) is 0 Å². The number of carbonyl (C=O) groups is 1. The van der Waals surface area contributed by atoms with Gasteiger partial charge in [0.25, 0.3) is 0 Å². The molecular weight excluding hydrogens is 325 g/mol. The largest absolute Gasteiger partial charge is 0.311 e. The number of hydrogen-bond acceptors (Lipinski definition) is 1. The number of anilines is 1. The highest BCUT2D eigenvalue weighted by Crippen LogP contribution is 2.29. The number of halogens is 1. The second-order valence-electron chi connectivity index (χ2n) is 4.20. The fourth-order valence-electron chi connectivity index (χ4n) is 2.15. The van der Waals surface area contributed by atoms with Crippen LogP contribution < -0.4 is 4.90 Å². The molecule has 1 aliphatic rings. The molecule has 1 heterocycles. The molecule has 1 aromatic carbocycles. The van der Waals surface area contributed by atoms with Gasteiger partial charge in [-0.15, -0.1) is 12.3 Å². The summed E-state index contributed by atoms with van der Waals surface area (Å²) in [6.45, 7) is 2.76. The van der Waals surface area contributed by atoms with E-state index in [1.165, 1.54) is 9.13 Å². The molecule has 0 aromatic heterocycles. The minimum absolute atomic E-state index is 0.0616. The second-order valence-corrected chi connectivity index (χ2v) is 5.44. The van der Waals surface area contributed by atoms with Gasteiger partial charge in [0.2, 0.25) is 5.91 Å². The van der Waals surface area contributed by atoms with Crippen molar-refractivity contribution in [2.24, 2.45) is 5.92 Å². The zero-order chi connectivity index (χ0) is 12.4. The average Bonchev–Trinajstić information content (AvgIpc) is 2.70. The second kappa shape index (κ2) is 5.09. The molecule has 1 aliphatic heterocycles. The SMILES string of the molecule is C#CC1CC(=O)N(c2ccc(I)cc2CC)C1. The first kappa shape index (κ1) is 12.4. The molecule has 2 rings (SSSR count). The number of carbonyl (C=O) groups excluding carboxylic acids is 1. The van der Waals surface area contributed by atoms with E-state index in [-0.39, 0.29) is 11.8 Å². The van der Waals surface area contributed by atoms with Gasteiger partial charge in [-0.1, -0.05) is 6.92 Å². The standard InChI is InChI=1S/C14H14INO/c1-3-10-7-14(17)16(9-10)13-6-5-12(15)8-11(13)4-2/h1,5-6,8,10H,4,7,9H2,2H3. The number of nitrogens with zero attached hydrogens (tertiary/aromatic N) is 1. The summed E-state index contributed by atoms with van der Waals surface area (Å²) < 4.78 is 1.20. The van der Waals surface area contributed by atoms with Crippen LogP contribution in [0.2, 0.25) is 0 Å². The van der Waals surface area contributed by atoms with Crippen molar-refractivity contribution in [1.82, 2.24) is 0 Å². The van der Waals surface area contributed by atoms with Crippen LogP contribution in [0.3, 0.4) is 0 Å². The summed E-state index contributed by atoms with van der Waals surface area (Å²) in [5.41, 5.74) is 2.23. The predicted octanol–water partition coefficient (Wildman–Crippen LogP) is 2.84. The van der Waals surface area contributed by atoms with Crippen LogP contribution in [0, 0.1) is 21.8 Å².